The largest absolute Gasteiger partial charge is 0.417 e. The minimum absolute atomic E-state index is 0.106. The van der Waals surface area contributed by atoms with Crippen LogP contribution in [0.3, 0.4) is 0 Å². The summed E-state index contributed by atoms with van der Waals surface area (Å²) in [6.07, 6.45) is 4.54. The van der Waals surface area contributed by atoms with Gasteiger partial charge in [-0.15, -0.1) is 0 Å². The number of aromatic nitrogens is 1. The van der Waals surface area contributed by atoms with Gasteiger partial charge in [0.1, 0.15) is 0 Å². The second-order valence-electron chi connectivity index (χ2n) is 7.40. The molecule has 1 unspecified atom stereocenters. The minimum Gasteiger partial charge on any atom is -0.408 e. The molecule has 1 aliphatic heterocycles. The third-order valence-corrected chi connectivity index (χ3v) is 6.28. The van der Waals surface area contributed by atoms with Gasteiger partial charge in [-0.3, -0.25) is 9.88 Å². The normalized spacial score (nSPS) is 17.8. The van der Waals surface area contributed by atoms with E-state index in [2.05, 4.69) is 28.5 Å². The van der Waals surface area contributed by atoms with Crippen LogP contribution in [0.25, 0.3) is 11.1 Å². The van der Waals surface area contributed by atoms with E-state index in [1.165, 1.54) is 31.4 Å². The molecule has 144 valence electrons. The molecule has 1 fully saturated rings. The van der Waals surface area contributed by atoms with E-state index in [1.807, 2.05) is 0 Å². The maximum Gasteiger partial charge on any atom is 0.417 e. The lowest BCUT2D eigenvalue weighted by Crippen LogP contribution is -2.46. The van der Waals surface area contributed by atoms with Gasteiger partial charge >= 0.3 is 5.76 Å². The number of benzene rings is 1. The Hall–Kier alpha value is -1.64. The highest BCUT2D eigenvalue weighted by Gasteiger charge is 2.24. The molecule has 0 radical (unpaired) electrons. The summed E-state index contributed by atoms with van der Waals surface area (Å²) in [5.74, 6) is -0.0958. The molecule has 1 aliphatic rings. The molecule has 2 heterocycles. The first-order valence-corrected chi connectivity index (χ1v) is 10.7. The van der Waals surface area contributed by atoms with Gasteiger partial charge in [0.2, 0.25) is 10.0 Å². The molecular weight excluding hydrogens is 354 g/mol. The summed E-state index contributed by atoms with van der Waals surface area (Å²) in [5, 5.41) is 0. The first-order chi connectivity index (χ1) is 12.3. The van der Waals surface area contributed by atoms with Crippen molar-refractivity contribution in [3.05, 3.63) is 28.7 Å². The van der Waals surface area contributed by atoms with Gasteiger partial charge in [0, 0.05) is 18.7 Å². The van der Waals surface area contributed by atoms with E-state index in [4.69, 9.17) is 4.42 Å². The number of likely N-dealkylation sites (tertiary alicyclic amines) is 1. The van der Waals surface area contributed by atoms with Crippen LogP contribution in [0.1, 0.15) is 39.5 Å². The number of nitrogens with one attached hydrogen (secondary N) is 2. The molecule has 0 aliphatic carbocycles. The van der Waals surface area contributed by atoms with Gasteiger partial charge in [-0.2, -0.15) is 0 Å². The molecule has 3 rings (SSSR count). The number of fused-ring (bicyclic) bond motifs is 1. The van der Waals surface area contributed by atoms with Crippen LogP contribution >= 0.6 is 0 Å². The van der Waals surface area contributed by atoms with Crippen molar-refractivity contribution < 1.29 is 12.8 Å². The van der Waals surface area contributed by atoms with E-state index in [9.17, 15) is 13.2 Å². The number of oxazole rings is 1. The standard InChI is InChI=1S/C18H27N3O4S/c1-13(2)10-14(21-8-4-3-5-9-21)12-19-26(23,24)15-6-7-16-17(11-15)25-18(22)20-16/h6-7,11,13-14,19H,3-5,8-10,12H2,1-2H3,(H,20,22). The molecular formula is C18H27N3O4S. The lowest BCUT2D eigenvalue weighted by Gasteiger charge is -2.35. The SMILES string of the molecule is CC(C)CC(CNS(=O)(=O)c1ccc2[nH]c(=O)oc2c1)N1CCCCC1. The summed E-state index contributed by atoms with van der Waals surface area (Å²) in [6, 6.07) is 4.60. The second-order valence-corrected chi connectivity index (χ2v) is 9.17. The summed E-state index contributed by atoms with van der Waals surface area (Å²) in [7, 11) is -3.66. The summed E-state index contributed by atoms with van der Waals surface area (Å²) < 4.78 is 33.1. The predicted octanol–water partition coefficient (Wildman–Crippen LogP) is 2.30. The van der Waals surface area contributed by atoms with Gasteiger partial charge in [-0.1, -0.05) is 20.3 Å². The van der Waals surface area contributed by atoms with Crippen molar-refractivity contribution >= 4 is 21.1 Å². The van der Waals surface area contributed by atoms with Crippen molar-refractivity contribution in [3.8, 4) is 0 Å². The number of hydrogen-bond donors (Lipinski definition) is 2. The Morgan fingerprint density at radius 1 is 1.23 bits per heavy atom. The average molecular weight is 381 g/mol. The average Bonchev–Trinajstić information content (AvgIpc) is 2.98. The van der Waals surface area contributed by atoms with Crippen molar-refractivity contribution in [2.45, 2.75) is 50.5 Å². The van der Waals surface area contributed by atoms with E-state index >= 15 is 0 Å². The summed E-state index contributed by atoms with van der Waals surface area (Å²) in [5.41, 5.74) is 0.729. The van der Waals surface area contributed by atoms with Crippen LogP contribution < -0.4 is 10.5 Å². The first-order valence-electron chi connectivity index (χ1n) is 9.22. The van der Waals surface area contributed by atoms with E-state index in [0.717, 1.165) is 19.5 Å². The number of rotatable bonds is 7. The van der Waals surface area contributed by atoms with Gasteiger partial charge in [-0.25, -0.2) is 17.9 Å². The highest BCUT2D eigenvalue weighted by atomic mass is 32.2. The molecule has 0 spiro atoms. The highest BCUT2D eigenvalue weighted by molar-refractivity contribution is 7.89. The lowest BCUT2D eigenvalue weighted by atomic mass is 10.00. The number of hydrogen-bond acceptors (Lipinski definition) is 5. The number of sulfonamides is 1. The van der Waals surface area contributed by atoms with Crippen LogP contribution in [-0.2, 0) is 10.0 Å². The second kappa shape index (κ2) is 7.94. The molecule has 0 amide bonds. The minimum atomic E-state index is -3.66. The van der Waals surface area contributed by atoms with E-state index in [1.54, 1.807) is 6.07 Å². The van der Waals surface area contributed by atoms with Crippen molar-refractivity contribution in [1.82, 2.24) is 14.6 Å². The van der Waals surface area contributed by atoms with Crippen molar-refractivity contribution in [2.75, 3.05) is 19.6 Å². The fraction of sp³-hybridized carbons (Fsp3) is 0.611. The quantitative estimate of drug-likeness (QED) is 0.767. The smallest absolute Gasteiger partial charge is 0.408 e. The summed E-state index contributed by atoms with van der Waals surface area (Å²) in [6.45, 7) is 6.76. The van der Waals surface area contributed by atoms with Crippen LogP contribution in [-0.4, -0.2) is 44.0 Å². The van der Waals surface area contributed by atoms with Crippen LogP contribution in [0.5, 0.6) is 0 Å². The van der Waals surface area contributed by atoms with E-state index < -0.39 is 15.8 Å². The van der Waals surface area contributed by atoms with Gasteiger partial charge in [0.25, 0.3) is 0 Å². The summed E-state index contributed by atoms with van der Waals surface area (Å²) in [4.78, 5) is 16.3. The van der Waals surface area contributed by atoms with Crippen LogP contribution in [0.15, 0.2) is 32.3 Å². The lowest BCUT2D eigenvalue weighted by molar-refractivity contribution is 0.146. The Kier molecular flexibility index (Phi) is 5.84. The topological polar surface area (TPSA) is 95.4 Å². The first kappa shape index (κ1) is 19.1. The van der Waals surface area contributed by atoms with Crippen molar-refractivity contribution in [3.63, 3.8) is 0 Å². The molecule has 26 heavy (non-hydrogen) atoms. The third kappa shape index (κ3) is 4.55. The van der Waals surface area contributed by atoms with Crippen molar-refractivity contribution in [2.24, 2.45) is 5.92 Å². The van der Waals surface area contributed by atoms with Gasteiger partial charge in [-0.05, 0) is 50.4 Å². The Balaban J connectivity index is 1.74. The molecule has 7 nitrogen and oxygen atoms in total. The van der Waals surface area contributed by atoms with Gasteiger partial charge < -0.3 is 4.42 Å². The van der Waals surface area contributed by atoms with Gasteiger partial charge in [0.05, 0.1) is 10.4 Å². The fourth-order valence-corrected chi connectivity index (χ4v) is 4.66. The third-order valence-electron chi connectivity index (χ3n) is 4.86. The molecule has 2 N–H and O–H groups in total. The molecule has 8 heteroatoms. The number of H-pyrrole nitrogens is 1. The molecule has 1 atom stereocenters. The zero-order valence-electron chi connectivity index (χ0n) is 15.3. The maximum absolute atomic E-state index is 12.7. The molecule has 0 saturated carbocycles. The van der Waals surface area contributed by atoms with Crippen molar-refractivity contribution in [1.29, 1.82) is 0 Å². The molecule has 1 aromatic heterocycles. The Bertz CT molecular complexity index is 895. The molecule has 1 saturated heterocycles. The summed E-state index contributed by atoms with van der Waals surface area (Å²) >= 11 is 0. The number of aromatic amines is 1. The zero-order valence-corrected chi connectivity index (χ0v) is 16.1. The van der Waals surface area contributed by atoms with Gasteiger partial charge in [0.15, 0.2) is 5.58 Å². The number of nitrogens with zero attached hydrogens (tertiary/aromatic N) is 1. The molecule has 0 bridgehead atoms. The molecule has 1 aromatic carbocycles. The maximum atomic E-state index is 12.7. The zero-order chi connectivity index (χ0) is 18.7. The van der Waals surface area contributed by atoms with E-state index in [0.29, 0.717) is 18.0 Å². The fourth-order valence-electron chi connectivity index (χ4n) is 3.57. The van der Waals surface area contributed by atoms with Crippen LogP contribution in [0, 0.1) is 5.92 Å². The predicted molar refractivity (Wildman–Crippen MR) is 101 cm³/mol. The Morgan fingerprint density at radius 3 is 2.65 bits per heavy atom. The Morgan fingerprint density at radius 2 is 1.96 bits per heavy atom. The monoisotopic (exact) mass is 381 g/mol. The molecule has 2 aromatic rings. The van der Waals surface area contributed by atoms with E-state index in [-0.39, 0.29) is 16.5 Å². The van der Waals surface area contributed by atoms with Crippen LogP contribution in [0.2, 0.25) is 0 Å². The Labute approximate surface area is 153 Å². The van der Waals surface area contributed by atoms with Crippen LogP contribution in [0.4, 0.5) is 0 Å². The number of piperidine rings is 1. The highest BCUT2D eigenvalue weighted by Crippen LogP contribution is 2.19.